The minimum atomic E-state index is -0.555. The van der Waals surface area contributed by atoms with E-state index in [0.29, 0.717) is 12.8 Å². The van der Waals surface area contributed by atoms with Gasteiger partial charge in [0.1, 0.15) is 6.04 Å². The molecule has 0 spiro atoms. The third-order valence-corrected chi connectivity index (χ3v) is 1.88. The molecule has 0 aliphatic carbocycles. The largest absolute Gasteiger partial charge is 0.392 e. The Morgan fingerprint density at radius 2 is 2.54 bits per heavy atom. The number of carbonyl (C=O) groups is 2. The Balaban J connectivity index is 2.27. The van der Waals surface area contributed by atoms with Gasteiger partial charge in [-0.05, 0) is 13.3 Å². The molecule has 74 valence electrons. The van der Waals surface area contributed by atoms with Gasteiger partial charge in [-0.1, -0.05) is 0 Å². The second-order valence-corrected chi connectivity index (χ2v) is 3.25. The highest BCUT2D eigenvalue weighted by molar-refractivity contribution is 5.90. The maximum Gasteiger partial charge on any atom is 0.242 e. The van der Waals surface area contributed by atoms with Crippen molar-refractivity contribution >= 4 is 11.8 Å². The van der Waals surface area contributed by atoms with Crippen LogP contribution in [0.25, 0.3) is 0 Å². The molecule has 13 heavy (non-hydrogen) atoms. The van der Waals surface area contributed by atoms with Crippen LogP contribution in [0.4, 0.5) is 0 Å². The summed E-state index contributed by atoms with van der Waals surface area (Å²) >= 11 is 0. The first kappa shape index (κ1) is 9.98. The SMILES string of the molecule is CC(O)CNC(=O)[C@@H]1CCC(=O)N1. The molecule has 1 unspecified atom stereocenters. The van der Waals surface area contributed by atoms with E-state index in [1.165, 1.54) is 0 Å². The van der Waals surface area contributed by atoms with Gasteiger partial charge in [0.05, 0.1) is 6.10 Å². The average molecular weight is 186 g/mol. The second-order valence-electron chi connectivity index (χ2n) is 3.25. The topological polar surface area (TPSA) is 78.4 Å². The molecule has 2 atom stereocenters. The zero-order valence-corrected chi connectivity index (χ0v) is 7.54. The minimum Gasteiger partial charge on any atom is -0.392 e. The van der Waals surface area contributed by atoms with Gasteiger partial charge in [0.25, 0.3) is 0 Å². The molecule has 3 N–H and O–H groups in total. The molecule has 2 amide bonds. The van der Waals surface area contributed by atoms with Gasteiger partial charge >= 0.3 is 0 Å². The highest BCUT2D eigenvalue weighted by Crippen LogP contribution is 2.05. The van der Waals surface area contributed by atoms with Gasteiger partial charge < -0.3 is 15.7 Å². The van der Waals surface area contributed by atoms with Crippen LogP contribution in [-0.4, -0.2) is 35.6 Å². The Morgan fingerprint density at radius 1 is 1.85 bits per heavy atom. The van der Waals surface area contributed by atoms with Crippen LogP contribution in [0.1, 0.15) is 19.8 Å². The number of hydrogen-bond acceptors (Lipinski definition) is 3. The van der Waals surface area contributed by atoms with Crippen LogP contribution in [0.5, 0.6) is 0 Å². The monoisotopic (exact) mass is 186 g/mol. The Kier molecular flexibility index (Phi) is 3.25. The van der Waals surface area contributed by atoms with Crippen molar-refractivity contribution in [2.75, 3.05) is 6.54 Å². The van der Waals surface area contributed by atoms with Crippen LogP contribution >= 0.6 is 0 Å². The van der Waals surface area contributed by atoms with Crippen LogP contribution in [0.2, 0.25) is 0 Å². The molecule has 1 saturated heterocycles. The molecule has 0 aromatic rings. The highest BCUT2D eigenvalue weighted by atomic mass is 16.3. The summed E-state index contributed by atoms with van der Waals surface area (Å²) in [6.45, 7) is 1.82. The van der Waals surface area contributed by atoms with E-state index in [1.54, 1.807) is 6.92 Å². The van der Waals surface area contributed by atoms with E-state index >= 15 is 0 Å². The summed E-state index contributed by atoms with van der Waals surface area (Å²) in [7, 11) is 0. The van der Waals surface area contributed by atoms with Gasteiger partial charge in [-0.3, -0.25) is 9.59 Å². The lowest BCUT2D eigenvalue weighted by Gasteiger charge is -2.11. The third kappa shape index (κ3) is 3.02. The molecule has 5 heteroatoms. The van der Waals surface area contributed by atoms with Crippen LogP contribution < -0.4 is 10.6 Å². The van der Waals surface area contributed by atoms with Crippen molar-refractivity contribution in [1.82, 2.24) is 10.6 Å². The molecule has 1 rings (SSSR count). The lowest BCUT2D eigenvalue weighted by atomic mass is 10.2. The lowest BCUT2D eigenvalue weighted by molar-refractivity contribution is -0.126. The molecular weight excluding hydrogens is 172 g/mol. The van der Waals surface area contributed by atoms with Crippen molar-refractivity contribution in [3.8, 4) is 0 Å². The predicted octanol–water partition coefficient (Wildman–Crippen LogP) is -1.24. The van der Waals surface area contributed by atoms with E-state index < -0.39 is 12.1 Å². The average Bonchev–Trinajstić information content (AvgIpc) is 2.47. The summed E-state index contributed by atoms with van der Waals surface area (Å²) in [4.78, 5) is 22.0. The van der Waals surface area contributed by atoms with Gasteiger partial charge in [0.2, 0.25) is 11.8 Å². The Morgan fingerprint density at radius 3 is 3.00 bits per heavy atom. The van der Waals surface area contributed by atoms with E-state index in [4.69, 9.17) is 5.11 Å². The first-order valence-corrected chi connectivity index (χ1v) is 4.34. The quantitative estimate of drug-likeness (QED) is 0.516. The van der Waals surface area contributed by atoms with Crippen molar-refractivity contribution in [2.24, 2.45) is 0 Å². The summed E-state index contributed by atoms with van der Waals surface area (Å²) < 4.78 is 0. The van der Waals surface area contributed by atoms with Crippen molar-refractivity contribution in [3.63, 3.8) is 0 Å². The zero-order valence-electron chi connectivity index (χ0n) is 7.54. The first-order chi connectivity index (χ1) is 6.09. The fourth-order valence-corrected chi connectivity index (χ4v) is 1.18. The third-order valence-electron chi connectivity index (χ3n) is 1.88. The number of aliphatic hydroxyl groups is 1. The molecule has 0 aromatic carbocycles. The Labute approximate surface area is 76.5 Å². The molecule has 0 saturated carbocycles. The number of carbonyl (C=O) groups excluding carboxylic acids is 2. The Bertz CT molecular complexity index is 215. The number of rotatable bonds is 3. The van der Waals surface area contributed by atoms with E-state index in [1.807, 2.05) is 0 Å². The number of nitrogens with one attached hydrogen (secondary N) is 2. The molecule has 0 aromatic heterocycles. The highest BCUT2D eigenvalue weighted by Gasteiger charge is 2.26. The summed E-state index contributed by atoms with van der Waals surface area (Å²) in [5.74, 6) is -0.302. The fourth-order valence-electron chi connectivity index (χ4n) is 1.18. The maximum absolute atomic E-state index is 11.3. The summed E-state index contributed by atoms with van der Waals surface area (Å²) in [5, 5.41) is 14.0. The van der Waals surface area contributed by atoms with Crippen molar-refractivity contribution in [3.05, 3.63) is 0 Å². The van der Waals surface area contributed by atoms with Crippen LogP contribution in [0.15, 0.2) is 0 Å². The number of aliphatic hydroxyl groups excluding tert-OH is 1. The smallest absolute Gasteiger partial charge is 0.242 e. The van der Waals surface area contributed by atoms with Gasteiger partial charge in [-0.15, -0.1) is 0 Å². The van der Waals surface area contributed by atoms with Crippen LogP contribution in [0.3, 0.4) is 0 Å². The Hall–Kier alpha value is -1.10. The van der Waals surface area contributed by atoms with Crippen molar-refractivity contribution in [2.45, 2.75) is 31.9 Å². The van der Waals surface area contributed by atoms with Gasteiger partial charge in [-0.2, -0.15) is 0 Å². The molecule has 1 aliphatic heterocycles. The van der Waals surface area contributed by atoms with Gasteiger partial charge in [0, 0.05) is 13.0 Å². The second kappa shape index (κ2) is 4.23. The zero-order chi connectivity index (χ0) is 9.84. The maximum atomic E-state index is 11.3. The molecule has 0 radical (unpaired) electrons. The van der Waals surface area contributed by atoms with Gasteiger partial charge in [0.15, 0.2) is 0 Å². The first-order valence-electron chi connectivity index (χ1n) is 4.34. The van der Waals surface area contributed by atoms with Crippen molar-refractivity contribution < 1.29 is 14.7 Å². The predicted molar refractivity (Wildman–Crippen MR) is 45.9 cm³/mol. The summed E-state index contributed by atoms with van der Waals surface area (Å²) in [5.41, 5.74) is 0. The fraction of sp³-hybridized carbons (Fsp3) is 0.750. The van der Waals surface area contributed by atoms with E-state index in [9.17, 15) is 9.59 Å². The van der Waals surface area contributed by atoms with Crippen LogP contribution in [0, 0.1) is 0 Å². The van der Waals surface area contributed by atoms with E-state index in [-0.39, 0.29) is 18.4 Å². The molecule has 5 nitrogen and oxygen atoms in total. The number of amides is 2. The molecular formula is C8H14N2O3. The summed E-state index contributed by atoms with van der Waals surface area (Å²) in [6, 6.07) is -0.411. The molecule has 1 heterocycles. The van der Waals surface area contributed by atoms with Crippen LogP contribution in [-0.2, 0) is 9.59 Å². The van der Waals surface area contributed by atoms with E-state index in [0.717, 1.165) is 0 Å². The lowest BCUT2D eigenvalue weighted by Crippen LogP contribution is -2.43. The van der Waals surface area contributed by atoms with Gasteiger partial charge in [-0.25, -0.2) is 0 Å². The normalized spacial score (nSPS) is 23.8. The molecule has 1 aliphatic rings. The standard InChI is InChI=1S/C8H14N2O3/c1-5(11)4-9-8(13)6-2-3-7(12)10-6/h5-6,11H,2-4H2,1H3,(H,9,13)(H,10,12)/t5?,6-/m0/s1. The molecule has 0 bridgehead atoms. The van der Waals surface area contributed by atoms with E-state index in [2.05, 4.69) is 10.6 Å². The van der Waals surface area contributed by atoms with Crippen molar-refractivity contribution in [1.29, 1.82) is 0 Å². The minimum absolute atomic E-state index is 0.0859. The molecule has 1 fully saturated rings. The summed E-state index contributed by atoms with van der Waals surface area (Å²) in [6.07, 6.45) is 0.401. The number of hydrogen-bond donors (Lipinski definition) is 3.